The van der Waals surface area contributed by atoms with Crippen LogP contribution in [0.5, 0.6) is 5.75 Å². The van der Waals surface area contributed by atoms with Gasteiger partial charge in [0.2, 0.25) is 0 Å². The van der Waals surface area contributed by atoms with E-state index in [-0.39, 0.29) is 22.9 Å². The lowest BCUT2D eigenvalue weighted by Gasteiger charge is -2.20. The van der Waals surface area contributed by atoms with Gasteiger partial charge in [-0.15, -0.1) is 0 Å². The summed E-state index contributed by atoms with van der Waals surface area (Å²) < 4.78 is 69.4. The number of rotatable bonds is 6. The number of nitrogens with zero attached hydrogens (tertiary/aromatic N) is 4. The first kappa shape index (κ1) is 23.3. The standard InChI is InChI=1S/C22H18F5N5O2/c23-21(24)34-19-2-1-13(20(33)31-16-6-15(7-28-8-16)22(25,26)27)5-18(19)14-3-4-32(11-14)17-9-29-12-30-10-17/h1-2,5-10,12,14,21H,3-4,11H2,(H,31,33). The lowest BCUT2D eigenvalue weighted by Crippen LogP contribution is -2.20. The Labute approximate surface area is 190 Å². The molecule has 0 saturated carbocycles. The Morgan fingerprint density at radius 3 is 2.56 bits per heavy atom. The van der Waals surface area contributed by atoms with Crippen LogP contribution in [0.3, 0.4) is 0 Å². The first-order valence-corrected chi connectivity index (χ1v) is 10.1. The van der Waals surface area contributed by atoms with Gasteiger partial charge in [0.25, 0.3) is 5.91 Å². The second-order valence-corrected chi connectivity index (χ2v) is 7.57. The summed E-state index contributed by atoms with van der Waals surface area (Å²) in [6.45, 7) is -2.00. The number of hydrogen-bond donors (Lipinski definition) is 1. The summed E-state index contributed by atoms with van der Waals surface area (Å²) >= 11 is 0. The van der Waals surface area contributed by atoms with Crippen molar-refractivity contribution < 1.29 is 31.5 Å². The molecule has 1 aliphatic heterocycles. The second kappa shape index (κ2) is 9.57. The van der Waals surface area contributed by atoms with Crippen molar-refractivity contribution in [1.29, 1.82) is 0 Å². The number of carbonyl (C=O) groups excluding carboxylic acids is 1. The van der Waals surface area contributed by atoms with Gasteiger partial charge >= 0.3 is 12.8 Å². The molecule has 1 aliphatic rings. The van der Waals surface area contributed by atoms with Crippen molar-refractivity contribution in [3.8, 4) is 5.75 Å². The molecule has 0 spiro atoms. The highest BCUT2D eigenvalue weighted by molar-refractivity contribution is 6.04. The molecular formula is C22H18F5N5O2. The third-order valence-electron chi connectivity index (χ3n) is 5.35. The van der Waals surface area contributed by atoms with Gasteiger partial charge in [0.15, 0.2) is 0 Å². The van der Waals surface area contributed by atoms with Crippen LogP contribution in [0.15, 0.2) is 55.4 Å². The smallest absolute Gasteiger partial charge is 0.417 e. The lowest BCUT2D eigenvalue weighted by atomic mass is 9.95. The number of ether oxygens (including phenoxy) is 1. The van der Waals surface area contributed by atoms with Crippen LogP contribution in [0.25, 0.3) is 0 Å². The molecule has 1 saturated heterocycles. The van der Waals surface area contributed by atoms with Gasteiger partial charge in [-0.05, 0) is 30.7 Å². The Balaban J connectivity index is 1.58. The first-order valence-electron chi connectivity index (χ1n) is 10.1. The van der Waals surface area contributed by atoms with Crippen molar-refractivity contribution in [2.75, 3.05) is 23.3 Å². The molecule has 7 nitrogen and oxygen atoms in total. The van der Waals surface area contributed by atoms with Gasteiger partial charge in [-0.3, -0.25) is 9.78 Å². The molecular weight excluding hydrogens is 461 g/mol. The molecule has 34 heavy (non-hydrogen) atoms. The maximum atomic E-state index is 13.0. The number of anilines is 2. The molecule has 178 valence electrons. The third kappa shape index (κ3) is 5.38. The molecule has 3 aromatic rings. The van der Waals surface area contributed by atoms with Crippen molar-refractivity contribution in [2.45, 2.75) is 25.1 Å². The fourth-order valence-electron chi connectivity index (χ4n) is 3.78. The maximum absolute atomic E-state index is 13.0. The van der Waals surface area contributed by atoms with Crippen molar-refractivity contribution in [3.63, 3.8) is 0 Å². The molecule has 1 amide bonds. The number of alkyl halides is 5. The Morgan fingerprint density at radius 2 is 1.85 bits per heavy atom. The van der Waals surface area contributed by atoms with Gasteiger partial charge in [0.05, 0.1) is 35.5 Å². The minimum atomic E-state index is -4.62. The molecule has 4 rings (SSSR count). The van der Waals surface area contributed by atoms with E-state index in [2.05, 4.69) is 25.0 Å². The minimum Gasteiger partial charge on any atom is -0.435 e. The monoisotopic (exact) mass is 479 g/mol. The summed E-state index contributed by atoms with van der Waals surface area (Å²) in [5, 5.41) is 2.37. The average Bonchev–Trinajstić information content (AvgIpc) is 3.29. The maximum Gasteiger partial charge on any atom is 0.417 e. The Morgan fingerprint density at radius 1 is 1.09 bits per heavy atom. The SMILES string of the molecule is O=C(Nc1cncc(C(F)(F)F)c1)c1ccc(OC(F)F)c(C2CCN(c3cncnc3)C2)c1. The molecule has 1 atom stereocenters. The van der Waals surface area contributed by atoms with Crippen LogP contribution in [0.1, 0.15) is 33.8 Å². The normalized spacial score (nSPS) is 16.1. The number of aromatic nitrogens is 3. The van der Waals surface area contributed by atoms with Crippen molar-refractivity contribution >= 4 is 17.3 Å². The summed E-state index contributed by atoms with van der Waals surface area (Å²) in [6.07, 6.45) is 2.38. The highest BCUT2D eigenvalue weighted by Gasteiger charge is 2.31. The fraction of sp³-hybridized carbons (Fsp3) is 0.273. The second-order valence-electron chi connectivity index (χ2n) is 7.57. The largest absolute Gasteiger partial charge is 0.435 e. The lowest BCUT2D eigenvalue weighted by molar-refractivity contribution is -0.137. The van der Waals surface area contributed by atoms with Crippen molar-refractivity contribution in [3.05, 3.63) is 72.1 Å². The number of benzene rings is 1. The zero-order valence-corrected chi connectivity index (χ0v) is 17.5. The number of hydrogen-bond acceptors (Lipinski definition) is 6. The number of amides is 1. The fourth-order valence-corrected chi connectivity index (χ4v) is 3.78. The number of pyridine rings is 1. The van der Waals surface area contributed by atoms with Crippen LogP contribution < -0.4 is 15.0 Å². The topological polar surface area (TPSA) is 80.2 Å². The van der Waals surface area contributed by atoms with Gasteiger partial charge in [-0.25, -0.2) is 9.97 Å². The van der Waals surface area contributed by atoms with E-state index in [4.69, 9.17) is 0 Å². The highest BCUT2D eigenvalue weighted by atomic mass is 19.4. The van der Waals surface area contributed by atoms with E-state index in [9.17, 15) is 26.7 Å². The molecule has 0 bridgehead atoms. The molecule has 0 radical (unpaired) electrons. The predicted molar refractivity (Wildman–Crippen MR) is 112 cm³/mol. The summed E-state index contributed by atoms with van der Waals surface area (Å²) in [5.74, 6) is -1.02. The van der Waals surface area contributed by atoms with Gasteiger partial charge in [-0.2, -0.15) is 22.0 Å². The molecule has 1 fully saturated rings. The highest BCUT2D eigenvalue weighted by Crippen LogP contribution is 2.37. The van der Waals surface area contributed by atoms with Crippen LogP contribution >= 0.6 is 0 Å². The van der Waals surface area contributed by atoms with Gasteiger partial charge in [0.1, 0.15) is 12.1 Å². The summed E-state index contributed by atoms with van der Waals surface area (Å²) in [4.78, 5) is 26.2. The zero-order valence-electron chi connectivity index (χ0n) is 17.5. The molecule has 2 aromatic heterocycles. The van der Waals surface area contributed by atoms with E-state index in [1.165, 1.54) is 24.5 Å². The number of carbonyl (C=O) groups is 1. The van der Waals surface area contributed by atoms with Crippen molar-refractivity contribution in [2.24, 2.45) is 0 Å². The molecule has 1 unspecified atom stereocenters. The van der Waals surface area contributed by atoms with Gasteiger partial charge in [0, 0.05) is 36.3 Å². The van der Waals surface area contributed by atoms with E-state index in [1.807, 2.05) is 4.90 Å². The quantitative estimate of drug-likeness (QED) is 0.515. The third-order valence-corrected chi connectivity index (χ3v) is 5.35. The van der Waals surface area contributed by atoms with E-state index in [0.29, 0.717) is 31.3 Å². The van der Waals surface area contributed by atoms with E-state index in [1.54, 1.807) is 12.4 Å². The average molecular weight is 479 g/mol. The van der Waals surface area contributed by atoms with E-state index < -0.39 is 24.3 Å². The van der Waals surface area contributed by atoms with Crippen LogP contribution in [0.4, 0.5) is 33.3 Å². The first-order chi connectivity index (χ1) is 16.2. The Kier molecular flexibility index (Phi) is 6.57. The van der Waals surface area contributed by atoms with Crippen LogP contribution in [-0.2, 0) is 6.18 Å². The molecule has 1 aromatic carbocycles. The molecule has 12 heteroatoms. The van der Waals surface area contributed by atoms with Crippen LogP contribution in [-0.4, -0.2) is 40.6 Å². The summed E-state index contributed by atoms with van der Waals surface area (Å²) in [7, 11) is 0. The molecule has 1 N–H and O–H groups in total. The summed E-state index contributed by atoms with van der Waals surface area (Å²) in [6, 6.07) is 4.71. The van der Waals surface area contributed by atoms with Crippen LogP contribution in [0.2, 0.25) is 0 Å². The molecule has 0 aliphatic carbocycles. The van der Waals surface area contributed by atoms with Crippen LogP contribution in [0, 0.1) is 0 Å². The van der Waals surface area contributed by atoms with Crippen molar-refractivity contribution in [1.82, 2.24) is 15.0 Å². The zero-order chi connectivity index (χ0) is 24.3. The van der Waals surface area contributed by atoms with Gasteiger partial charge in [-0.1, -0.05) is 0 Å². The Hall–Kier alpha value is -3.83. The van der Waals surface area contributed by atoms with E-state index in [0.717, 1.165) is 18.0 Å². The minimum absolute atomic E-state index is 0.0663. The van der Waals surface area contributed by atoms with Gasteiger partial charge < -0.3 is 15.0 Å². The Bertz CT molecular complexity index is 1160. The van der Waals surface area contributed by atoms with E-state index >= 15 is 0 Å². The number of nitrogens with one attached hydrogen (secondary N) is 1. The number of halogens is 5. The molecule has 3 heterocycles. The predicted octanol–water partition coefficient (Wildman–Crippen LogP) is 4.74. The summed E-state index contributed by atoms with van der Waals surface area (Å²) in [5.41, 5.74) is 0.0882.